The van der Waals surface area contributed by atoms with Crippen LogP contribution >= 0.6 is 0 Å². The Morgan fingerprint density at radius 3 is 1.86 bits per heavy atom. The van der Waals surface area contributed by atoms with Crippen molar-refractivity contribution in [2.24, 2.45) is 0 Å². The third-order valence-electron chi connectivity index (χ3n) is 8.55. The molecular formula is C37H68O12S. The molecule has 1 saturated heterocycles. The number of hydrogen-bond donors (Lipinski definition) is 4. The molecule has 0 radical (unpaired) electrons. The summed E-state index contributed by atoms with van der Waals surface area (Å²) in [6.07, 6.45) is 22.7. The van der Waals surface area contributed by atoms with E-state index in [1.54, 1.807) is 0 Å². The van der Waals surface area contributed by atoms with Crippen LogP contribution in [0, 0.1) is 0 Å². The Morgan fingerprint density at radius 1 is 0.760 bits per heavy atom. The number of aliphatic hydroxyl groups is 3. The van der Waals surface area contributed by atoms with Crippen molar-refractivity contribution < 1.29 is 56.2 Å². The molecule has 0 aromatic rings. The third-order valence-corrected chi connectivity index (χ3v) is 9.01. The molecule has 0 spiro atoms. The van der Waals surface area contributed by atoms with Gasteiger partial charge < -0.3 is 34.3 Å². The molecule has 0 amide bonds. The SMILES string of the molecule is CCCCCCC/C=C\C/C=C\CCCCCCCCCCCCOCC(COC1OC(CO)C(O)C(OS(=O)(=O)O)C1O)OC(=O)CCC. The fourth-order valence-electron chi connectivity index (χ4n) is 5.68. The zero-order valence-electron chi connectivity index (χ0n) is 30.7. The summed E-state index contributed by atoms with van der Waals surface area (Å²) in [5.74, 6) is -0.454. The molecule has 50 heavy (non-hydrogen) atoms. The first kappa shape index (κ1) is 46.6. The van der Waals surface area contributed by atoms with Gasteiger partial charge in [0.25, 0.3) is 0 Å². The van der Waals surface area contributed by atoms with Crippen molar-refractivity contribution in [1.82, 2.24) is 0 Å². The summed E-state index contributed by atoms with van der Waals surface area (Å²) in [6.45, 7) is 3.56. The van der Waals surface area contributed by atoms with Crippen LogP contribution in [0.15, 0.2) is 24.3 Å². The summed E-state index contributed by atoms with van der Waals surface area (Å²) in [5, 5.41) is 30.2. The maximum absolute atomic E-state index is 12.2. The highest BCUT2D eigenvalue weighted by molar-refractivity contribution is 7.80. The Balaban J connectivity index is 2.18. The zero-order valence-corrected chi connectivity index (χ0v) is 31.5. The number of carbonyl (C=O) groups excluding carboxylic acids is 1. The molecule has 0 saturated carbocycles. The average molecular weight is 737 g/mol. The number of allylic oxidation sites excluding steroid dienone is 4. The van der Waals surface area contributed by atoms with Gasteiger partial charge in [-0.05, 0) is 44.9 Å². The highest BCUT2D eigenvalue weighted by Gasteiger charge is 2.48. The van der Waals surface area contributed by atoms with Gasteiger partial charge in [-0.25, -0.2) is 4.18 Å². The van der Waals surface area contributed by atoms with Gasteiger partial charge in [0, 0.05) is 13.0 Å². The summed E-state index contributed by atoms with van der Waals surface area (Å²) >= 11 is 0. The van der Waals surface area contributed by atoms with E-state index >= 15 is 0 Å². The summed E-state index contributed by atoms with van der Waals surface area (Å²) in [4.78, 5) is 12.2. The first-order valence-electron chi connectivity index (χ1n) is 19.1. The minimum atomic E-state index is -5.04. The van der Waals surface area contributed by atoms with Crippen LogP contribution in [0.4, 0.5) is 0 Å². The Labute approximate surface area is 301 Å². The molecular weight excluding hydrogens is 668 g/mol. The van der Waals surface area contributed by atoms with Gasteiger partial charge in [0.05, 0.1) is 19.8 Å². The molecule has 0 bridgehead atoms. The molecule has 0 aromatic heterocycles. The lowest BCUT2D eigenvalue weighted by atomic mass is 9.99. The first-order valence-corrected chi connectivity index (χ1v) is 20.5. The Kier molecular flexibility index (Phi) is 28.0. The number of hydrogen-bond acceptors (Lipinski definition) is 11. The minimum absolute atomic E-state index is 0.0291. The maximum atomic E-state index is 12.2. The van der Waals surface area contributed by atoms with Crippen molar-refractivity contribution in [2.75, 3.05) is 26.4 Å². The molecule has 0 aromatic carbocycles. The van der Waals surface area contributed by atoms with Gasteiger partial charge in [0.1, 0.15) is 30.5 Å². The highest BCUT2D eigenvalue weighted by Crippen LogP contribution is 2.26. The van der Waals surface area contributed by atoms with E-state index in [-0.39, 0.29) is 19.6 Å². The van der Waals surface area contributed by atoms with Gasteiger partial charge in [-0.15, -0.1) is 0 Å². The Hall–Kier alpha value is -1.42. The van der Waals surface area contributed by atoms with Crippen LogP contribution in [0.3, 0.4) is 0 Å². The molecule has 294 valence electrons. The summed E-state index contributed by atoms with van der Waals surface area (Å²) in [5.41, 5.74) is 0. The summed E-state index contributed by atoms with van der Waals surface area (Å²) < 4.78 is 57.9. The molecule has 12 nitrogen and oxygen atoms in total. The van der Waals surface area contributed by atoms with Gasteiger partial charge in [0.15, 0.2) is 6.29 Å². The number of rotatable bonds is 32. The Morgan fingerprint density at radius 2 is 1.32 bits per heavy atom. The van der Waals surface area contributed by atoms with E-state index in [2.05, 4.69) is 35.4 Å². The minimum Gasteiger partial charge on any atom is -0.457 e. The molecule has 1 heterocycles. The Bertz CT molecular complexity index is 989. The van der Waals surface area contributed by atoms with E-state index in [1.165, 1.54) is 89.9 Å². The van der Waals surface area contributed by atoms with Crippen molar-refractivity contribution in [2.45, 2.75) is 179 Å². The topological polar surface area (TPSA) is 178 Å². The molecule has 6 atom stereocenters. The second-order valence-corrected chi connectivity index (χ2v) is 14.2. The normalized spacial score (nSPS) is 22.1. The van der Waals surface area contributed by atoms with Crippen molar-refractivity contribution in [1.29, 1.82) is 0 Å². The zero-order chi connectivity index (χ0) is 36.9. The monoisotopic (exact) mass is 736 g/mol. The molecule has 0 aliphatic carbocycles. The van der Waals surface area contributed by atoms with Crippen molar-refractivity contribution >= 4 is 16.4 Å². The van der Waals surface area contributed by atoms with Gasteiger partial charge in [-0.2, -0.15) is 8.42 Å². The van der Waals surface area contributed by atoms with Gasteiger partial charge in [-0.1, -0.05) is 115 Å². The fraction of sp³-hybridized carbons (Fsp3) is 0.865. The number of aliphatic hydroxyl groups excluding tert-OH is 3. The standard InChI is InChI=1S/C37H68O12S/c1-3-5-6-7-8-9-10-11-12-13-14-15-16-17-18-19-20-21-22-23-24-25-27-45-29-31(47-33(39)26-4-2)30-46-37-35(41)36(49-50(42,43)44)34(40)32(28-38)48-37/h10-11,13-14,31-32,34-38,40-41H,3-9,12,15-30H2,1-2H3,(H,42,43,44)/b11-10-,14-13-. The number of esters is 1. The number of carbonyl (C=O) groups is 1. The van der Waals surface area contributed by atoms with E-state index in [0.717, 1.165) is 25.7 Å². The van der Waals surface area contributed by atoms with E-state index in [1.807, 2.05) is 6.92 Å². The molecule has 13 heteroatoms. The lowest BCUT2D eigenvalue weighted by Crippen LogP contribution is -2.60. The van der Waals surface area contributed by atoms with E-state index < -0.39 is 59.8 Å². The lowest BCUT2D eigenvalue weighted by molar-refractivity contribution is -0.301. The molecule has 4 N–H and O–H groups in total. The second kappa shape index (κ2) is 30.1. The highest BCUT2D eigenvalue weighted by atomic mass is 32.3. The van der Waals surface area contributed by atoms with Crippen molar-refractivity contribution in [3.8, 4) is 0 Å². The number of unbranched alkanes of at least 4 members (excludes halogenated alkanes) is 15. The van der Waals surface area contributed by atoms with Crippen LogP contribution in [0.5, 0.6) is 0 Å². The van der Waals surface area contributed by atoms with Gasteiger partial charge in [-0.3, -0.25) is 9.35 Å². The largest absolute Gasteiger partial charge is 0.457 e. The predicted molar refractivity (Wildman–Crippen MR) is 193 cm³/mol. The van der Waals surface area contributed by atoms with E-state index in [0.29, 0.717) is 13.0 Å². The predicted octanol–water partition coefficient (Wildman–Crippen LogP) is 6.51. The van der Waals surface area contributed by atoms with Crippen molar-refractivity contribution in [3.05, 3.63) is 24.3 Å². The number of ether oxygens (including phenoxy) is 4. The molecule has 1 aliphatic heterocycles. The van der Waals surface area contributed by atoms with Crippen LogP contribution < -0.4 is 0 Å². The van der Waals surface area contributed by atoms with Crippen LogP contribution in [-0.4, -0.2) is 97.5 Å². The smallest absolute Gasteiger partial charge is 0.397 e. The quantitative estimate of drug-likeness (QED) is 0.0255. The first-order chi connectivity index (χ1) is 24.1. The van der Waals surface area contributed by atoms with Gasteiger partial charge in [0.2, 0.25) is 0 Å². The maximum Gasteiger partial charge on any atom is 0.397 e. The van der Waals surface area contributed by atoms with Gasteiger partial charge >= 0.3 is 16.4 Å². The average Bonchev–Trinajstić information content (AvgIpc) is 3.07. The van der Waals surface area contributed by atoms with E-state index in [4.69, 9.17) is 23.5 Å². The molecule has 1 rings (SSSR count). The van der Waals surface area contributed by atoms with Crippen LogP contribution in [0.25, 0.3) is 0 Å². The summed E-state index contributed by atoms with van der Waals surface area (Å²) in [6, 6.07) is 0. The molecule has 6 unspecified atom stereocenters. The van der Waals surface area contributed by atoms with E-state index in [9.17, 15) is 28.5 Å². The molecule has 1 aliphatic rings. The second-order valence-electron chi connectivity index (χ2n) is 13.2. The third kappa shape index (κ3) is 23.9. The summed E-state index contributed by atoms with van der Waals surface area (Å²) in [7, 11) is -5.04. The van der Waals surface area contributed by atoms with Crippen LogP contribution in [-0.2, 0) is 38.3 Å². The fourth-order valence-corrected chi connectivity index (χ4v) is 6.19. The molecule has 1 fully saturated rings. The van der Waals surface area contributed by atoms with Crippen molar-refractivity contribution in [3.63, 3.8) is 0 Å². The van der Waals surface area contributed by atoms with Crippen LogP contribution in [0.1, 0.15) is 142 Å². The van der Waals surface area contributed by atoms with Crippen LogP contribution in [0.2, 0.25) is 0 Å². The lowest BCUT2D eigenvalue weighted by Gasteiger charge is -2.41.